The summed E-state index contributed by atoms with van der Waals surface area (Å²) in [6, 6.07) is 14.8. The second kappa shape index (κ2) is 5.02. The Bertz CT molecular complexity index is 567. The molecule has 19 heavy (non-hydrogen) atoms. The van der Waals surface area contributed by atoms with E-state index in [1.165, 1.54) is 17.7 Å². The Hall–Kier alpha value is -1.87. The van der Waals surface area contributed by atoms with Gasteiger partial charge < -0.3 is 10.0 Å². The molecule has 2 aromatic rings. The third-order valence-electron chi connectivity index (χ3n) is 3.72. The zero-order chi connectivity index (χ0) is 13.2. The fraction of sp³-hybridized carbons (Fsp3) is 0.250. The average molecular weight is 257 g/mol. The molecule has 1 atom stereocenters. The van der Waals surface area contributed by atoms with Crippen molar-refractivity contribution >= 4 is 5.69 Å². The van der Waals surface area contributed by atoms with E-state index in [2.05, 4.69) is 6.07 Å². The number of nitrogens with zero attached hydrogens (tertiary/aromatic N) is 1. The van der Waals surface area contributed by atoms with Crippen molar-refractivity contribution in [3.63, 3.8) is 0 Å². The molecule has 1 unspecified atom stereocenters. The maximum atomic E-state index is 12.9. The molecule has 3 heteroatoms. The fourth-order valence-electron chi connectivity index (χ4n) is 2.80. The third kappa shape index (κ3) is 2.34. The predicted octanol–water partition coefficient (Wildman–Crippen LogP) is 2.92. The van der Waals surface area contributed by atoms with Gasteiger partial charge in [-0.25, -0.2) is 4.39 Å². The van der Waals surface area contributed by atoms with Crippen LogP contribution in [0.4, 0.5) is 10.1 Å². The first kappa shape index (κ1) is 12.2. The van der Waals surface area contributed by atoms with Crippen LogP contribution in [-0.4, -0.2) is 18.4 Å². The monoisotopic (exact) mass is 257 g/mol. The summed E-state index contributed by atoms with van der Waals surface area (Å²) in [6.07, 6.45) is 0.869. The highest BCUT2D eigenvalue weighted by Crippen LogP contribution is 2.37. The van der Waals surface area contributed by atoms with Crippen molar-refractivity contribution in [3.05, 3.63) is 65.5 Å². The Labute approximate surface area is 112 Å². The first-order valence-corrected chi connectivity index (χ1v) is 6.47. The van der Waals surface area contributed by atoms with Crippen molar-refractivity contribution in [1.29, 1.82) is 0 Å². The summed E-state index contributed by atoms with van der Waals surface area (Å²) in [4.78, 5) is 1.98. The number of fused-ring (bicyclic) bond motifs is 1. The van der Waals surface area contributed by atoms with Crippen LogP contribution in [0.2, 0.25) is 0 Å². The average Bonchev–Trinajstić information content (AvgIpc) is 2.80. The standard InChI is InChI=1S/C16H16FNO/c17-14-7-5-12(6-8-14)9-13-10-18(11-19)16-4-2-1-3-15(13)16/h1-8,13,19H,9-11H2. The van der Waals surface area contributed by atoms with Crippen LogP contribution in [0.3, 0.4) is 0 Å². The molecule has 98 valence electrons. The van der Waals surface area contributed by atoms with Gasteiger partial charge in [0, 0.05) is 18.2 Å². The van der Waals surface area contributed by atoms with Gasteiger partial charge in [-0.15, -0.1) is 0 Å². The van der Waals surface area contributed by atoms with Crippen LogP contribution in [0, 0.1) is 5.82 Å². The highest BCUT2D eigenvalue weighted by atomic mass is 19.1. The summed E-state index contributed by atoms with van der Waals surface area (Å²) < 4.78 is 12.9. The van der Waals surface area contributed by atoms with E-state index in [0.717, 1.165) is 24.2 Å². The predicted molar refractivity (Wildman–Crippen MR) is 73.7 cm³/mol. The smallest absolute Gasteiger partial charge is 0.123 e. The zero-order valence-corrected chi connectivity index (χ0v) is 10.6. The molecule has 0 spiro atoms. The lowest BCUT2D eigenvalue weighted by molar-refractivity contribution is 0.292. The van der Waals surface area contributed by atoms with Crippen LogP contribution in [0.5, 0.6) is 0 Å². The van der Waals surface area contributed by atoms with Crippen molar-refractivity contribution in [2.45, 2.75) is 12.3 Å². The first-order chi connectivity index (χ1) is 9.28. The number of hydrogen-bond donors (Lipinski definition) is 1. The maximum Gasteiger partial charge on any atom is 0.123 e. The molecule has 0 bridgehead atoms. The number of halogens is 1. The van der Waals surface area contributed by atoms with Gasteiger partial charge in [-0.1, -0.05) is 30.3 Å². The molecule has 2 aromatic carbocycles. The quantitative estimate of drug-likeness (QED) is 0.914. The Kier molecular flexibility index (Phi) is 3.22. The molecular formula is C16H16FNO. The molecule has 1 aliphatic heterocycles. The highest BCUT2D eigenvalue weighted by Gasteiger charge is 2.27. The Morgan fingerprint density at radius 2 is 1.84 bits per heavy atom. The minimum Gasteiger partial charge on any atom is -0.376 e. The third-order valence-corrected chi connectivity index (χ3v) is 3.72. The van der Waals surface area contributed by atoms with E-state index < -0.39 is 0 Å². The summed E-state index contributed by atoms with van der Waals surface area (Å²) in [5.41, 5.74) is 3.50. The van der Waals surface area contributed by atoms with Gasteiger partial charge in [0.25, 0.3) is 0 Å². The van der Waals surface area contributed by atoms with Crippen LogP contribution in [0.1, 0.15) is 17.0 Å². The number of aliphatic hydroxyl groups is 1. The molecule has 0 saturated carbocycles. The van der Waals surface area contributed by atoms with Crippen LogP contribution in [0.25, 0.3) is 0 Å². The van der Waals surface area contributed by atoms with E-state index >= 15 is 0 Å². The number of rotatable bonds is 3. The minimum atomic E-state index is -0.201. The van der Waals surface area contributed by atoms with Gasteiger partial charge in [0.1, 0.15) is 12.5 Å². The van der Waals surface area contributed by atoms with Crippen molar-refractivity contribution in [2.75, 3.05) is 18.2 Å². The number of para-hydroxylation sites is 1. The van der Waals surface area contributed by atoms with Gasteiger partial charge in [0.15, 0.2) is 0 Å². The molecule has 0 aliphatic carbocycles. The molecule has 0 amide bonds. The number of benzene rings is 2. The molecule has 0 radical (unpaired) electrons. The van der Waals surface area contributed by atoms with Crippen molar-refractivity contribution < 1.29 is 9.50 Å². The fourth-order valence-corrected chi connectivity index (χ4v) is 2.80. The van der Waals surface area contributed by atoms with Gasteiger partial charge in [0.05, 0.1) is 0 Å². The van der Waals surface area contributed by atoms with E-state index in [4.69, 9.17) is 0 Å². The zero-order valence-electron chi connectivity index (χ0n) is 10.6. The lowest BCUT2D eigenvalue weighted by Crippen LogP contribution is -2.23. The van der Waals surface area contributed by atoms with Crippen molar-refractivity contribution in [1.82, 2.24) is 0 Å². The van der Waals surface area contributed by atoms with E-state index in [-0.39, 0.29) is 12.5 Å². The van der Waals surface area contributed by atoms with E-state index in [1.807, 2.05) is 35.2 Å². The first-order valence-electron chi connectivity index (χ1n) is 6.47. The Morgan fingerprint density at radius 1 is 1.11 bits per heavy atom. The lowest BCUT2D eigenvalue weighted by Gasteiger charge is -2.16. The van der Waals surface area contributed by atoms with Crippen molar-refractivity contribution in [3.8, 4) is 0 Å². The molecule has 3 rings (SSSR count). The highest BCUT2D eigenvalue weighted by molar-refractivity contribution is 5.60. The molecule has 0 saturated heterocycles. The Morgan fingerprint density at radius 3 is 2.58 bits per heavy atom. The van der Waals surface area contributed by atoms with Gasteiger partial charge in [-0.05, 0) is 35.7 Å². The lowest BCUT2D eigenvalue weighted by atomic mass is 9.94. The van der Waals surface area contributed by atoms with E-state index in [1.54, 1.807) is 0 Å². The van der Waals surface area contributed by atoms with Crippen LogP contribution < -0.4 is 4.90 Å². The van der Waals surface area contributed by atoms with Gasteiger partial charge in [-0.2, -0.15) is 0 Å². The SMILES string of the molecule is OCN1CC(Cc2ccc(F)cc2)c2ccccc21. The topological polar surface area (TPSA) is 23.5 Å². The summed E-state index contributed by atoms with van der Waals surface area (Å²) in [6.45, 7) is 0.851. The van der Waals surface area contributed by atoms with Gasteiger partial charge in [-0.3, -0.25) is 0 Å². The second-order valence-corrected chi connectivity index (χ2v) is 4.95. The van der Waals surface area contributed by atoms with Crippen LogP contribution in [0.15, 0.2) is 48.5 Å². The molecule has 1 aliphatic rings. The van der Waals surface area contributed by atoms with Gasteiger partial charge >= 0.3 is 0 Å². The summed E-state index contributed by atoms with van der Waals surface area (Å²) in [7, 11) is 0. The molecule has 1 heterocycles. The van der Waals surface area contributed by atoms with Crippen LogP contribution in [-0.2, 0) is 6.42 Å². The maximum absolute atomic E-state index is 12.9. The summed E-state index contributed by atoms with van der Waals surface area (Å²) in [5.74, 6) is 0.154. The number of anilines is 1. The summed E-state index contributed by atoms with van der Waals surface area (Å²) >= 11 is 0. The van der Waals surface area contributed by atoms with Gasteiger partial charge in [0.2, 0.25) is 0 Å². The summed E-state index contributed by atoms with van der Waals surface area (Å²) in [5, 5.41) is 9.41. The number of aliphatic hydroxyl groups excluding tert-OH is 1. The molecule has 1 N–H and O–H groups in total. The minimum absolute atomic E-state index is 0.0386. The van der Waals surface area contributed by atoms with Crippen LogP contribution >= 0.6 is 0 Å². The van der Waals surface area contributed by atoms with E-state index in [9.17, 15) is 9.50 Å². The van der Waals surface area contributed by atoms with Crippen molar-refractivity contribution in [2.24, 2.45) is 0 Å². The molecule has 2 nitrogen and oxygen atoms in total. The molecule has 0 aromatic heterocycles. The normalized spacial score (nSPS) is 17.6. The van der Waals surface area contributed by atoms with E-state index in [0.29, 0.717) is 5.92 Å². The largest absolute Gasteiger partial charge is 0.376 e. The number of hydrogen-bond acceptors (Lipinski definition) is 2. The Balaban J connectivity index is 1.85. The molecule has 0 fully saturated rings. The molecular weight excluding hydrogens is 241 g/mol. The second-order valence-electron chi connectivity index (χ2n) is 4.95.